The monoisotopic (exact) mass is 121 g/mol. The van der Waals surface area contributed by atoms with Gasteiger partial charge in [0.15, 0.2) is 0 Å². The highest BCUT2D eigenvalue weighted by atomic mass is 16.3. The first-order valence-electron chi connectivity index (χ1n) is 6.58. The summed E-state index contributed by atoms with van der Waals surface area (Å²) in [7, 11) is 0. The molecule has 0 aliphatic heterocycles. The third-order valence-electron chi connectivity index (χ3n) is 0.664. The zero-order valence-corrected chi connectivity index (χ0v) is 4.15. The van der Waals surface area contributed by atoms with Crippen molar-refractivity contribution in [2.45, 2.75) is 31.6 Å². The van der Waals surface area contributed by atoms with Gasteiger partial charge in [0, 0.05) is 11.0 Å². The minimum atomic E-state index is -3.58. The topological polar surface area (TPSA) is 20.2 Å². The van der Waals surface area contributed by atoms with Crippen LogP contribution in [0.1, 0.15) is 37.8 Å². The van der Waals surface area contributed by atoms with E-state index in [4.69, 9.17) is 12.3 Å². The van der Waals surface area contributed by atoms with Crippen molar-refractivity contribution in [1.82, 2.24) is 0 Å². The minimum absolute atomic E-state index is 0.961. The second-order valence-corrected chi connectivity index (χ2v) is 1.33. The second kappa shape index (κ2) is 2.31. The molecule has 0 amide bonds. The molecule has 8 heavy (non-hydrogen) atoms. The van der Waals surface area contributed by atoms with Crippen molar-refractivity contribution in [2.75, 3.05) is 0 Å². The summed E-state index contributed by atoms with van der Waals surface area (Å²) in [5, 5.41) is 9.61. The van der Waals surface area contributed by atoms with Crippen molar-refractivity contribution in [3.63, 3.8) is 0 Å². The first kappa shape index (κ1) is 1.24. The van der Waals surface area contributed by atoms with E-state index >= 15 is 0 Å². The van der Waals surface area contributed by atoms with E-state index in [2.05, 4.69) is 6.58 Å². The fraction of sp³-hybridized carbons (Fsp3) is 0.714. The SMILES string of the molecule is [2H]C1([2H])C(=C)C([2H])([2H])C([2H])([2H])C([2H])(O)C1([2H])[2H]. The van der Waals surface area contributed by atoms with Crippen LogP contribution in [0.5, 0.6) is 0 Å². The van der Waals surface area contributed by atoms with Crippen LogP contribution in [0.4, 0.5) is 0 Å². The van der Waals surface area contributed by atoms with Gasteiger partial charge in [0.1, 0.15) is 0 Å². The highest BCUT2D eigenvalue weighted by Gasteiger charge is 2.10. The lowest BCUT2D eigenvalue weighted by molar-refractivity contribution is 0.144. The van der Waals surface area contributed by atoms with Gasteiger partial charge in [-0.1, -0.05) is 12.2 Å². The summed E-state index contributed by atoms with van der Waals surface area (Å²) >= 11 is 0. The summed E-state index contributed by atoms with van der Waals surface area (Å²) in [6.45, 7) is 3.05. The fourth-order valence-electron chi connectivity index (χ4n) is 0.332. The van der Waals surface area contributed by atoms with Gasteiger partial charge in [-0.15, -0.1) is 0 Å². The fourth-order valence-corrected chi connectivity index (χ4v) is 0.332. The van der Waals surface area contributed by atoms with E-state index in [9.17, 15) is 5.11 Å². The molecular formula is C7H12O. The summed E-state index contributed by atoms with van der Waals surface area (Å²) in [6.07, 6.45) is -16.3. The van der Waals surface area contributed by atoms with E-state index in [0.717, 1.165) is 0 Å². The molecule has 0 radical (unpaired) electrons. The number of allylic oxidation sites excluding steroid dienone is 1. The van der Waals surface area contributed by atoms with Crippen LogP contribution in [0.2, 0.25) is 0 Å². The van der Waals surface area contributed by atoms with Crippen LogP contribution in [0.3, 0.4) is 0 Å². The maximum Gasteiger partial charge on any atom is 0.0601 e. The van der Waals surface area contributed by atoms with E-state index < -0.39 is 37.1 Å². The molecular weight excluding hydrogens is 100 g/mol. The average molecular weight is 121 g/mol. The molecule has 1 aliphatic carbocycles. The van der Waals surface area contributed by atoms with Crippen molar-refractivity contribution in [3.05, 3.63) is 12.2 Å². The maximum absolute atomic E-state index is 9.61. The number of aliphatic hydroxyl groups is 1. The van der Waals surface area contributed by atoms with Crippen LogP contribution < -0.4 is 0 Å². The van der Waals surface area contributed by atoms with Gasteiger partial charge in [-0.25, -0.2) is 0 Å². The van der Waals surface area contributed by atoms with E-state index in [-0.39, 0.29) is 0 Å². The molecule has 1 N–H and O–H groups in total. The molecule has 46 valence electrons. The minimum Gasteiger partial charge on any atom is -0.393 e. The molecule has 1 aliphatic rings. The molecule has 0 heterocycles. The number of hydrogen-bond donors (Lipinski definition) is 1. The Kier molecular flexibility index (Phi) is 0.358. The lowest BCUT2D eigenvalue weighted by atomic mass is 9.94. The first-order valence-corrected chi connectivity index (χ1v) is 2.08. The largest absolute Gasteiger partial charge is 0.393 e. The smallest absolute Gasteiger partial charge is 0.0601 e. The van der Waals surface area contributed by atoms with Gasteiger partial charge < -0.3 is 5.11 Å². The Morgan fingerprint density at radius 2 is 2.25 bits per heavy atom. The summed E-state index contributed by atoms with van der Waals surface area (Å²) in [5.41, 5.74) is -0.961. The highest BCUT2D eigenvalue weighted by molar-refractivity contribution is 4.98. The summed E-state index contributed by atoms with van der Waals surface area (Å²) in [5.74, 6) is 0. The lowest BCUT2D eigenvalue weighted by Crippen LogP contribution is -2.11. The van der Waals surface area contributed by atoms with E-state index in [1.807, 2.05) is 0 Å². The third-order valence-corrected chi connectivity index (χ3v) is 0.664. The Bertz CT molecular complexity index is 338. The van der Waals surface area contributed by atoms with Crippen molar-refractivity contribution in [1.29, 1.82) is 0 Å². The summed E-state index contributed by atoms with van der Waals surface area (Å²) in [6, 6.07) is 0. The zero-order valence-electron chi connectivity index (χ0n) is 13.2. The maximum atomic E-state index is 9.61. The molecule has 1 saturated carbocycles. The molecule has 0 atom stereocenters. The molecule has 0 spiro atoms. The van der Waals surface area contributed by atoms with Crippen LogP contribution in [-0.2, 0) is 0 Å². The molecule has 0 saturated heterocycles. The molecule has 0 aromatic rings. The molecule has 0 aromatic heterocycles. The van der Waals surface area contributed by atoms with Gasteiger partial charge in [-0.05, 0) is 25.5 Å². The van der Waals surface area contributed by atoms with E-state index in [1.54, 1.807) is 0 Å². The standard InChI is InChI=1S/C7H12O/c1-6-2-4-7(8)5-3-6/h7-8H,1-5H2/i2D2,3D2,4D2,5D2,7D. The Hall–Kier alpha value is -0.300. The van der Waals surface area contributed by atoms with Crippen LogP contribution in [0.25, 0.3) is 0 Å². The van der Waals surface area contributed by atoms with Gasteiger partial charge in [0.25, 0.3) is 0 Å². The van der Waals surface area contributed by atoms with E-state index in [0.29, 0.717) is 0 Å². The summed E-state index contributed by atoms with van der Waals surface area (Å²) in [4.78, 5) is 0. The van der Waals surface area contributed by atoms with Crippen molar-refractivity contribution in [3.8, 4) is 0 Å². The second-order valence-electron chi connectivity index (χ2n) is 1.33. The van der Waals surface area contributed by atoms with Gasteiger partial charge in [0.2, 0.25) is 0 Å². The van der Waals surface area contributed by atoms with Crippen molar-refractivity contribution >= 4 is 0 Å². The van der Waals surface area contributed by atoms with Crippen LogP contribution in [0.15, 0.2) is 12.2 Å². The molecule has 0 bridgehead atoms. The van der Waals surface area contributed by atoms with Gasteiger partial charge >= 0.3 is 0 Å². The van der Waals surface area contributed by atoms with Crippen molar-refractivity contribution in [2.24, 2.45) is 0 Å². The van der Waals surface area contributed by atoms with Crippen LogP contribution >= 0.6 is 0 Å². The molecule has 1 nitrogen and oxygen atoms in total. The molecule has 0 aromatic carbocycles. The average Bonchev–Trinajstić information content (AvgIpc) is 2.13. The Labute approximate surface area is 62.7 Å². The van der Waals surface area contributed by atoms with Crippen molar-refractivity contribution < 1.29 is 17.4 Å². The quantitative estimate of drug-likeness (QED) is 0.481. The number of rotatable bonds is 0. The zero-order chi connectivity index (χ0) is 14.1. The van der Waals surface area contributed by atoms with Gasteiger partial charge in [-0.2, -0.15) is 0 Å². The van der Waals surface area contributed by atoms with Gasteiger partial charge in [0.05, 0.1) is 7.45 Å². The molecule has 0 unspecified atom stereocenters. The van der Waals surface area contributed by atoms with Crippen LogP contribution in [-0.4, -0.2) is 11.2 Å². The third kappa shape index (κ3) is 1.34. The Morgan fingerprint density at radius 1 is 1.75 bits per heavy atom. The normalized spacial score (nSPS) is 69.6. The van der Waals surface area contributed by atoms with Crippen LogP contribution in [0, 0.1) is 0 Å². The molecule has 1 rings (SSSR count). The molecule has 1 heteroatoms. The lowest BCUT2D eigenvalue weighted by Gasteiger charge is -2.17. The number of hydrogen-bond acceptors (Lipinski definition) is 1. The Morgan fingerprint density at radius 3 is 2.75 bits per heavy atom. The predicted molar refractivity (Wildman–Crippen MR) is 33.6 cm³/mol. The highest BCUT2D eigenvalue weighted by Crippen LogP contribution is 2.20. The Balaban J connectivity index is 3.62. The predicted octanol–water partition coefficient (Wildman–Crippen LogP) is 1.48. The van der Waals surface area contributed by atoms with E-state index in [1.165, 1.54) is 0 Å². The first-order chi connectivity index (χ1) is 7.15. The van der Waals surface area contributed by atoms with Gasteiger partial charge in [-0.3, -0.25) is 0 Å². The molecule has 1 fully saturated rings. The summed E-state index contributed by atoms with van der Waals surface area (Å²) < 4.78 is 66.6.